The maximum atomic E-state index is 12.3. The number of hydrogen-bond acceptors (Lipinski definition) is 4. The Morgan fingerprint density at radius 1 is 1.04 bits per heavy atom. The third kappa shape index (κ3) is 2.73. The van der Waals surface area contributed by atoms with E-state index in [9.17, 15) is 19.2 Å². The fourth-order valence-corrected chi connectivity index (χ4v) is 3.19. The first-order valence-electron chi connectivity index (χ1n) is 8.21. The van der Waals surface area contributed by atoms with E-state index >= 15 is 0 Å². The Kier molecular flexibility index (Phi) is 3.76. The van der Waals surface area contributed by atoms with E-state index in [0.29, 0.717) is 16.8 Å². The summed E-state index contributed by atoms with van der Waals surface area (Å²) in [7, 11) is 0. The zero-order valence-corrected chi connectivity index (χ0v) is 13.7. The highest BCUT2D eigenvalue weighted by molar-refractivity contribution is 6.21. The molecule has 0 aliphatic carbocycles. The number of hydrogen-bond donors (Lipinski definition) is 2. The Bertz CT molecular complexity index is 932. The molecule has 0 bridgehead atoms. The summed E-state index contributed by atoms with van der Waals surface area (Å²) >= 11 is 0. The van der Waals surface area contributed by atoms with E-state index < -0.39 is 0 Å². The fraction of sp³-hybridized carbons (Fsp3) is 0.158. The van der Waals surface area contributed by atoms with Gasteiger partial charge in [-0.3, -0.25) is 24.1 Å². The van der Waals surface area contributed by atoms with Crippen LogP contribution in [0.1, 0.15) is 32.7 Å². The minimum Gasteiger partial charge on any atom is -0.326 e. The van der Waals surface area contributed by atoms with E-state index in [0.717, 1.165) is 16.2 Å². The molecule has 0 radical (unpaired) electrons. The van der Waals surface area contributed by atoms with Crippen LogP contribution in [-0.2, 0) is 16.0 Å². The molecule has 2 aromatic carbocycles. The highest BCUT2D eigenvalue weighted by Gasteiger charge is 2.34. The highest BCUT2D eigenvalue weighted by atomic mass is 16.2. The number of nitrogens with one attached hydrogen (secondary N) is 2. The summed E-state index contributed by atoms with van der Waals surface area (Å²) in [6, 6.07) is 11.8. The molecule has 0 unspecified atom stereocenters. The van der Waals surface area contributed by atoms with Crippen LogP contribution in [0, 0.1) is 0 Å². The lowest BCUT2D eigenvalue weighted by Crippen LogP contribution is -2.32. The van der Waals surface area contributed by atoms with Gasteiger partial charge in [0.25, 0.3) is 11.8 Å². The number of rotatable bonds is 4. The second-order valence-corrected chi connectivity index (χ2v) is 6.20. The highest BCUT2D eigenvalue weighted by Crippen LogP contribution is 2.26. The van der Waals surface area contributed by atoms with Gasteiger partial charge >= 0.3 is 0 Å². The number of anilines is 2. The third-order valence-corrected chi connectivity index (χ3v) is 4.45. The molecular formula is C19H15N3O4. The van der Waals surface area contributed by atoms with Gasteiger partial charge in [0.15, 0.2) is 0 Å². The quantitative estimate of drug-likeness (QED) is 0.823. The molecule has 2 aliphatic heterocycles. The first kappa shape index (κ1) is 16.0. The number of fused-ring (bicyclic) bond motifs is 2. The van der Waals surface area contributed by atoms with Gasteiger partial charge in [0.05, 0.1) is 17.5 Å². The van der Waals surface area contributed by atoms with Crippen LogP contribution in [0.25, 0.3) is 0 Å². The molecule has 2 aromatic rings. The number of nitrogens with zero attached hydrogens (tertiary/aromatic N) is 1. The van der Waals surface area contributed by atoms with Crippen molar-refractivity contribution >= 4 is 35.0 Å². The van der Waals surface area contributed by atoms with Gasteiger partial charge in [0.1, 0.15) is 0 Å². The lowest BCUT2D eigenvalue weighted by molar-refractivity contribution is -0.116. The van der Waals surface area contributed by atoms with E-state index in [1.54, 1.807) is 42.5 Å². The van der Waals surface area contributed by atoms with Crippen LogP contribution in [-0.4, -0.2) is 35.1 Å². The molecular weight excluding hydrogens is 334 g/mol. The van der Waals surface area contributed by atoms with Gasteiger partial charge in [-0.2, -0.15) is 0 Å². The first-order chi connectivity index (χ1) is 12.5. The molecule has 0 saturated carbocycles. The van der Waals surface area contributed by atoms with Crippen molar-refractivity contribution in [1.82, 2.24) is 4.90 Å². The van der Waals surface area contributed by atoms with E-state index in [1.807, 2.05) is 0 Å². The number of benzene rings is 2. The number of amides is 4. The summed E-state index contributed by atoms with van der Waals surface area (Å²) < 4.78 is 0. The standard InChI is InChI=1S/C19H15N3O4/c23-16(20-12-5-6-15-11(9-12)10-17(24)21-15)7-8-22-18(25)13-3-1-2-4-14(13)19(22)26/h1-6,9H,7-8,10H2,(H,20,23)(H,21,24). The van der Waals surface area contributed by atoms with Crippen molar-refractivity contribution in [3.8, 4) is 0 Å². The average Bonchev–Trinajstić information content (AvgIpc) is 3.11. The molecule has 0 aromatic heterocycles. The summed E-state index contributed by atoms with van der Waals surface area (Å²) in [6.45, 7) is 0.0170. The predicted octanol–water partition coefficient (Wildman–Crippen LogP) is 1.81. The van der Waals surface area contributed by atoms with E-state index in [1.165, 1.54) is 0 Å². The van der Waals surface area contributed by atoms with Gasteiger partial charge in [-0.05, 0) is 35.9 Å². The molecule has 0 spiro atoms. The van der Waals surface area contributed by atoms with Crippen molar-refractivity contribution in [2.45, 2.75) is 12.8 Å². The maximum absolute atomic E-state index is 12.3. The van der Waals surface area contributed by atoms with Crippen molar-refractivity contribution in [2.24, 2.45) is 0 Å². The lowest BCUT2D eigenvalue weighted by atomic mass is 10.1. The molecule has 2 N–H and O–H groups in total. The Balaban J connectivity index is 1.38. The molecule has 0 atom stereocenters. The summed E-state index contributed by atoms with van der Waals surface area (Å²) in [5.74, 6) is -1.13. The number of imide groups is 1. The van der Waals surface area contributed by atoms with Gasteiger partial charge in [-0.1, -0.05) is 12.1 Å². The largest absolute Gasteiger partial charge is 0.326 e. The molecule has 4 amide bonds. The number of carbonyl (C=O) groups excluding carboxylic acids is 4. The summed E-state index contributed by atoms with van der Waals surface area (Å²) in [5, 5.41) is 5.46. The van der Waals surface area contributed by atoms with Crippen molar-refractivity contribution in [1.29, 1.82) is 0 Å². The SMILES string of the molecule is O=C(CCN1C(=O)c2ccccc2C1=O)Nc1ccc2c(c1)CC(=O)N2. The molecule has 26 heavy (non-hydrogen) atoms. The molecule has 4 rings (SSSR count). The van der Waals surface area contributed by atoms with Crippen molar-refractivity contribution in [3.63, 3.8) is 0 Å². The van der Waals surface area contributed by atoms with Crippen molar-refractivity contribution in [2.75, 3.05) is 17.2 Å². The summed E-state index contributed by atoms with van der Waals surface area (Å²) in [4.78, 5) is 49.2. The molecule has 2 aliphatic rings. The van der Waals surface area contributed by atoms with Crippen molar-refractivity contribution in [3.05, 3.63) is 59.2 Å². The second kappa shape index (κ2) is 6.11. The zero-order chi connectivity index (χ0) is 18.3. The van der Waals surface area contributed by atoms with Crippen LogP contribution < -0.4 is 10.6 Å². The number of carbonyl (C=O) groups is 4. The Hall–Kier alpha value is -3.48. The average molecular weight is 349 g/mol. The second-order valence-electron chi connectivity index (χ2n) is 6.20. The van der Waals surface area contributed by atoms with E-state index in [4.69, 9.17) is 0 Å². The molecule has 130 valence electrons. The zero-order valence-electron chi connectivity index (χ0n) is 13.7. The van der Waals surface area contributed by atoms with Crippen LogP contribution in [0.5, 0.6) is 0 Å². The molecule has 0 saturated heterocycles. The fourth-order valence-electron chi connectivity index (χ4n) is 3.19. The summed E-state index contributed by atoms with van der Waals surface area (Å²) in [5.41, 5.74) is 2.89. The smallest absolute Gasteiger partial charge is 0.261 e. The van der Waals surface area contributed by atoms with Gasteiger partial charge in [-0.25, -0.2) is 0 Å². The van der Waals surface area contributed by atoms with Crippen LogP contribution >= 0.6 is 0 Å². The van der Waals surface area contributed by atoms with Crippen LogP contribution in [0.2, 0.25) is 0 Å². The first-order valence-corrected chi connectivity index (χ1v) is 8.21. The predicted molar refractivity (Wildman–Crippen MR) is 93.8 cm³/mol. The Morgan fingerprint density at radius 2 is 1.73 bits per heavy atom. The normalized spacial score (nSPS) is 14.9. The monoisotopic (exact) mass is 349 g/mol. The maximum Gasteiger partial charge on any atom is 0.261 e. The topological polar surface area (TPSA) is 95.6 Å². The van der Waals surface area contributed by atoms with Crippen molar-refractivity contribution < 1.29 is 19.2 Å². The molecule has 7 heteroatoms. The van der Waals surface area contributed by atoms with Gasteiger partial charge in [0.2, 0.25) is 11.8 Å². The van der Waals surface area contributed by atoms with Gasteiger partial charge in [0, 0.05) is 24.3 Å². The van der Waals surface area contributed by atoms with E-state index in [-0.39, 0.29) is 43.0 Å². The third-order valence-electron chi connectivity index (χ3n) is 4.45. The van der Waals surface area contributed by atoms with Gasteiger partial charge < -0.3 is 10.6 Å². The Labute approximate surface area is 149 Å². The van der Waals surface area contributed by atoms with E-state index in [2.05, 4.69) is 10.6 Å². The minimum absolute atomic E-state index is 0.000264. The van der Waals surface area contributed by atoms with Crippen LogP contribution in [0.15, 0.2) is 42.5 Å². The van der Waals surface area contributed by atoms with Crippen LogP contribution in [0.3, 0.4) is 0 Å². The minimum atomic E-state index is -0.375. The molecule has 2 heterocycles. The molecule has 7 nitrogen and oxygen atoms in total. The summed E-state index contributed by atoms with van der Waals surface area (Å²) in [6.07, 6.45) is 0.286. The Morgan fingerprint density at radius 3 is 2.42 bits per heavy atom. The van der Waals surface area contributed by atoms with Crippen LogP contribution in [0.4, 0.5) is 11.4 Å². The molecule has 0 fully saturated rings. The lowest BCUT2D eigenvalue weighted by Gasteiger charge is -2.13. The van der Waals surface area contributed by atoms with Gasteiger partial charge in [-0.15, -0.1) is 0 Å².